The summed E-state index contributed by atoms with van der Waals surface area (Å²) in [4.78, 5) is 12.6. The SMILES string of the molecule is CC(N)c1ccc(SCC(=O)NC2CC2)cc1. The summed E-state index contributed by atoms with van der Waals surface area (Å²) >= 11 is 1.57. The molecule has 1 aromatic rings. The van der Waals surface area contributed by atoms with E-state index in [1.54, 1.807) is 11.8 Å². The first kappa shape index (κ1) is 12.5. The average molecular weight is 250 g/mol. The van der Waals surface area contributed by atoms with Crippen LogP contribution in [-0.2, 0) is 4.79 Å². The molecule has 92 valence electrons. The summed E-state index contributed by atoms with van der Waals surface area (Å²) < 4.78 is 0. The normalized spacial score (nSPS) is 16.6. The lowest BCUT2D eigenvalue weighted by Crippen LogP contribution is -2.26. The molecule has 1 amide bonds. The van der Waals surface area contributed by atoms with Gasteiger partial charge < -0.3 is 11.1 Å². The molecule has 0 bridgehead atoms. The first-order valence-electron chi connectivity index (χ1n) is 5.93. The van der Waals surface area contributed by atoms with Crippen LogP contribution in [0.2, 0.25) is 0 Å². The minimum absolute atomic E-state index is 0.0622. The second-order valence-electron chi connectivity index (χ2n) is 4.49. The largest absolute Gasteiger partial charge is 0.353 e. The van der Waals surface area contributed by atoms with Gasteiger partial charge in [0.15, 0.2) is 0 Å². The third-order valence-electron chi connectivity index (χ3n) is 2.72. The Bertz CT molecular complexity index is 385. The van der Waals surface area contributed by atoms with Crippen LogP contribution in [0.4, 0.5) is 0 Å². The monoisotopic (exact) mass is 250 g/mol. The van der Waals surface area contributed by atoms with E-state index in [9.17, 15) is 4.79 Å². The Morgan fingerprint density at radius 3 is 2.65 bits per heavy atom. The van der Waals surface area contributed by atoms with Crippen LogP contribution in [0, 0.1) is 0 Å². The van der Waals surface area contributed by atoms with Crippen molar-refractivity contribution in [3.05, 3.63) is 29.8 Å². The van der Waals surface area contributed by atoms with Gasteiger partial charge in [0, 0.05) is 17.0 Å². The summed E-state index contributed by atoms with van der Waals surface area (Å²) in [6, 6.07) is 8.59. The molecule has 2 rings (SSSR count). The molecule has 0 radical (unpaired) electrons. The molecule has 3 nitrogen and oxygen atoms in total. The van der Waals surface area contributed by atoms with Crippen molar-refractivity contribution in [3.63, 3.8) is 0 Å². The second-order valence-corrected chi connectivity index (χ2v) is 5.54. The number of thioether (sulfide) groups is 1. The number of hydrogen-bond donors (Lipinski definition) is 2. The minimum atomic E-state index is 0.0622. The van der Waals surface area contributed by atoms with Gasteiger partial charge in [-0.05, 0) is 37.5 Å². The van der Waals surface area contributed by atoms with Gasteiger partial charge in [-0.15, -0.1) is 11.8 Å². The average Bonchev–Trinajstić information content (AvgIpc) is 3.11. The standard InChI is InChI=1S/C13H18N2OS/c1-9(14)10-2-6-12(7-3-10)17-8-13(16)15-11-4-5-11/h2-3,6-7,9,11H,4-5,8,14H2,1H3,(H,15,16). The lowest BCUT2D eigenvalue weighted by molar-refractivity contribution is -0.118. The molecular weight excluding hydrogens is 232 g/mol. The van der Waals surface area contributed by atoms with Crippen molar-refractivity contribution in [1.29, 1.82) is 0 Å². The Kier molecular flexibility index (Phi) is 4.07. The van der Waals surface area contributed by atoms with Crippen LogP contribution in [0.3, 0.4) is 0 Å². The summed E-state index contributed by atoms with van der Waals surface area (Å²) in [6.45, 7) is 1.96. The van der Waals surface area contributed by atoms with E-state index in [0.29, 0.717) is 11.8 Å². The molecule has 0 aromatic heterocycles. The van der Waals surface area contributed by atoms with Crippen molar-refractivity contribution in [2.45, 2.75) is 36.7 Å². The molecule has 1 saturated carbocycles. The number of nitrogens with one attached hydrogen (secondary N) is 1. The molecule has 0 saturated heterocycles. The Morgan fingerprint density at radius 2 is 2.12 bits per heavy atom. The van der Waals surface area contributed by atoms with Gasteiger partial charge in [0.25, 0.3) is 0 Å². The van der Waals surface area contributed by atoms with Crippen molar-refractivity contribution >= 4 is 17.7 Å². The van der Waals surface area contributed by atoms with Gasteiger partial charge in [-0.3, -0.25) is 4.79 Å². The second kappa shape index (κ2) is 5.56. The topological polar surface area (TPSA) is 55.1 Å². The first-order valence-corrected chi connectivity index (χ1v) is 6.91. The Morgan fingerprint density at radius 1 is 1.47 bits per heavy atom. The van der Waals surface area contributed by atoms with E-state index in [1.807, 2.05) is 31.2 Å². The number of carbonyl (C=O) groups excluding carboxylic acids is 1. The fourth-order valence-corrected chi connectivity index (χ4v) is 2.22. The number of rotatable bonds is 5. The minimum Gasteiger partial charge on any atom is -0.353 e. The maximum atomic E-state index is 11.5. The highest BCUT2D eigenvalue weighted by Crippen LogP contribution is 2.22. The smallest absolute Gasteiger partial charge is 0.230 e. The van der Waals surface area contributed by atoms with Gasteiger partial charge in [-0.1, -0.05) is 12.1 Å². The van der Waals surface area contributed by atoms with Crippen LogP contribution < -0.4 is 11.1 Å². The molecule has 1 fully saturated rings. The van der Waals surface area contributed by atoms with Crippen LogP contribution in [0.15, 0.2) is 29.2 Å². The number of carbonyl (C=O) groups is 1. The maximum Gasteiger partial charge on any atom is 0.230 e. The quantitative estimate of drug-likeness (QED) is 0.787. The number of benzene rings is 1. The number of amides is 1. The predicted octanol–water partition coefficient (Wildman–Crippen LogP) is 2.08. The molecule has 0 heterocycles. The van der Waals surface area contributed by atoms with Gasteiger partial charge in [-0.25, -0.2) is 0 Å². The molecule has 1 aliphatic rings. The van der Waals surface area contributed by atoms with E-state index in [1.165, 1.54) is 0 Å². The molecule has 1 atom stereocenters. The van der Waals surface area contributed by atoms with Crippen LogP contribution in [0.1, 0.15) is 31.4 Å². The van der Waals surface area contributed by atoms with Gasteiger partial charge in [0.2, 0.25) is 5.91 Å². The molecule has 1 unspecified atom stereocenters. The van der Waals surface area contributed by atoms with Gasteiger partial charge in [-0.2, -0.15) is 0 Å². The third-order valence-corrected chi connectivity index (χ3v) is 3.73. The van der Waals surface area contributed by atoms with Gasteiger partial charge >= 0.3 is 0 Å². The van der Waals surface area contributed by atoms with Crippen molar-refractivity contribution in [2.75, 3.05) is 5.75 Å². The molecule has 17 heavy (non-hydrogen) atoms. The summed E-state index contributed by atoms with van der Waals surface area (Å²) in [5.74, 6) is 0.627. The zero-order valence-corrected chi connectivity index (χ0v) is 10.8. The molecule has 1 aliphatic carbocycles. The van der Waals surface area contributed by atoms with Crippen LogP contribution in [0.5, 0.6) is 0 Å². The Labute approximate surface area is 106 Å². The lowest BCUT2D eigenvalue weighted by atomic mass is 10.1. The zero-order chi connectivity index (χ0) is 12.3. The maximum absolute atomic E-state index is 11.5. The number of nitrogens with two attached hydrogens (primary N) is 1. The van der Waals surface area contributed by atoms with Crippen molar-refractivity contribution in [2.24, 2.45) is 5.73 Å². The summed E-state index contributed by atoms with van der Waals surface area (Å²) in [5.41, 5.74) is 6.90. The van der Waals surface area contributed by atoms with E-state index in [0.717, 1.165) is 23.3 Å². The van der Waals surface area contributed by atoms with Crippen molar-refractivity contribution in [3.8, 4) is 0 Å². The molecule has 1 aromatic carbocycles. The van der Waals surface area contributed by atoms with E-state index in [2.05, 4.69) is 5.32 Å². The van der Waals surface area contributed by atoms with Gasteiger partial charge in [0.1, 0.15) is 0 Å². The Hall–Kier alpha value is -1.00. The lowest BCUT2D eigenvalue weighted by Gasteiger charge is -2.07. The van der Waals surface area contributed by atoms with Gasteiger partial charge in [0.05, 0.1) is 5.75 Å². The summed E-state index contributed by atoms with van der Waals surface area (Å²) in [5, 5.41) is 2.97. The third kappa shape index (κ3) is 4.06. The van der Waals surface area contributed by atoms with E-state index < -0.39 is 0 Å². The van der Waals surface area contributed by atoms with Crippen LogP contribution >= 0.6 is 11.8 Å². The highest BCUT2D eigenvalue weighted by atomic mass is 32.2. The highest BCUT2D eigenvalue weighted by molar-refractivity contribution is 8.00. The molecule has 0 spiro atoms. The zero-order valence-electron chi connectivity index (χ0n) is 9.98. The van der Waals surface area contributed by atoms with E-state index >= 15 is 0 Å². The summed E-state index contributed by atoms with van der Waals surface area (Å²) in [7, 11) is 0. The van der Waals surface area contributed by atoms with E-state index in [-0.39, 0.29) is 11.9 Å². The fraction of sp³-hybridized carbons (Fsp3) is 0.462. The first-order chi connectivity index (χ1) is 8.15. The molecule has 4 heteroatoms. The molecule has 3 N–H and O–H groups in total. The Balaban J connectivity index is 1.79. The van der Waals surface area contributed by atoms with Crippen LogP contribution in [-0.4, -0.2) is 17.7 Å². The molecule has 0 aliphatic heterocycles. The fourth-order valence-electron chi connectivity index (χ4n) is 1.51. The van der Waals surface area contributed by atoms with Crippen LogP contribution in [0.25, 0.3) is 0 Å². The predicted molar refractivity (Wildman–Crippen MR) is 70.9 cm³/mol. The number of hydrogen-bond acceptors (Lipinski definition) is 3. The summed E-state index contributed by atoms with van der Waals surface area (Å²) in [6.07, 6.45) is 2.28. The van der Waals surface area contributed by atoms with E-state index in [4.69, 9.17) is 5.73 Å². The highest BCUT2D eigenvalue weighted by Gasteiger charge is 2.22. The molecular formula is C13H18N2OS. The van der Waals surface area contributed by atoms with Crippen molar-refractivity contribution in [1.82, 2.24) is 5.32 Å². The van der Waals surface area contributed by atoms with Crippen molar-refractivity contribution < 1.29 is 4.79 Å².